The molecule has 1 radical (unpaired) electrons. The Kier molecular flexibility index (Phi) is 6.91. The van der Waals surface area contributed by atoms with Crippen LogP contribution in [-0.4, -0.2) is 26.9 Å². The minimum Gasteiger partial charge on any atom is -0.376 e. The van der Waals surface area contributed by atoms with Crippen LogP contribution in [0.1, 0.15) is 13.8 Å². The third-order valence-electron chi connectivity index (χ3n) is 0.957. The molecule has 0 heterocycles. The number of ether oxygens (including phenoxy) is 3. The lowest BCUT2D eigenvalue weighted by atomic mass is 10.6. The van der Waals surface area contributed by atoms with Gasteiger partial charge in [0.15, 0.2) is 0 Å². The minimum absolute atomic E-state index is 0.431. The highest BCUT2D eigenvalue weighted by molar-refractivity contribution is 4.61. The molecular weight excluding hydrogens is 132 g/mol. The average molecular weight is 147 g/mol. The standard InChI is InChI=1S/C7H15O3/c1-4-9-6-7(8-3)10-5-2/h4-6H2,1-3H3. The van der Waals surface area contributed by atoms with Gasteiger partial charge in [-0.2, -0.15) is 0 Å². The Hall–Kier alpha value is -0.120. The summed E-state index contributed by atoms with van der Waals surface area (Å²) >= 11 is 0. The van der Waals surface area contributed by atoms with E-state index in [1.807, 2.05) is 13.8 Å². The van der Waals surface area contributed by atoms with Crippen molar-refractivity contribution in [2.45, 2.75) is 13.8 Å². The van der Waals surface area contributed by atoms with Crippen LogP contribution >= 0.6 is 0 Å². The van der Waals surface area contributed by atoms with Crippen LogP contribution in [0.2, 0.25) is 0 Å². The van der Waals surface area contributed by atoms with Crippen molar-refractivity contribution in [1.82, 2.24) is 0 Å². The fourth-order valence-electron chi connectivity index (χ4n) is 0.506. The fourth-order valence-corrected chi connectivity index (χ4v) is 0.506. The van der Waals surface area contributed by atoms with Crippen LogP contribution in [0.4, 0.5) is 0 Å². The van der Waals surface area contributed by atoms with Gasteiger partial charge in [-0.3, -0.25) is 0 Å². The third kappa shape index (κ3) is 4.73. The first-order chi connectivity index (χ1) is 4.85. The summed E-state index contributed by atoms with van der Waals surface area (Å²) in [5, 5.41) is 0. The van der Waals surface area contributed by atoms with Crippen LogP contribution in [0.25, 0.3) is 0 Å². The fraction of sp³-hybridized carbons (Fsp3) is 0.857. The van der Waals surface area contributed by atoms with Gasteiger partial charge in [0.2, 0.25) is 6.29 Å². The summed E-state index contributed by atoms with van der Waals surface area (Å²) in [4.78, 5) is 0. The quantitative estimate of drug-likeness (QED) is 0.565. The summed E-state index contributed by atoms with van der Waals surface area (Å²) in [6.45, 7) is 5.57. The molecule has 10 heavy (non-hydrogen) atoms. The molecule has 0 bridgehead atoms. The SMILES string of the molecule is CCOC[C](OC)OCC. The smallest absolute Gasteiger partial charge is 0.250 e. The van der Waals surface area contributed by atoms with E-state index in [0.29, 0.717) is 26.1 Å². The molecule has 0 fully saturated rings. The first-order valence-corrected chi connectivity index (χ1v) is 3.45. The van der Waals surface area contributed by atoms with Crippen LogP contribution in [0.3, 0.4) is 0 Å². The molecule has 0 aromatic heterocycles. The molecule has 3 heteroatoms. The van der Waals surface area contributed by atoms with Crippen LogP contribution < -0.4 is 0 Å². The molecule has 0 aromatic carbocycles. The van der Waals surface area contributed by atoms with Gasteiger partial charge < -0.3 is 14.2 Å². The highest BCUT2D eigenvalue weighted by atomic mass is 16.7. The van der Waals surface area contributed by atoms with Crippen molar-refractivity contribution in [1.29, 1.82) is 0 Å². The molecule has 0 saturated carbocycles. The zero-order valence-corrected chi connectivity index (χ0v) is 6.85. The maximum absolute atomic E-state index is 5.06. The molecule has 0 aliphatic heterocycles. The van der Waals surface area contributed by atoms with Crippen LogP contribution in [-0.2, 0) is 14.2 Å². The van der Waals surface area contributed by atoms with Crippen molar-refractivity contribution < 1.29 is 14.2 Å². The average Bonchev–Trinajstić information content (AvgIpc) is 1.98. The van der Waals surface area contributed by atoms with Crippen LogP contribution in [0, 0.1) is 6.29 Å². The van der Waals surface area contributed by atoms with E-state index in [9.17, 15) is 0 Å². The summed E-state index contributed by atoms with van der Waals surface area (Å²) in [5.41, 5.74) is 0. The Labute approximate surface area is 62.3 Å². The van der Waals surface area contributed by atoms with Crippen LogP contribution in [0.15, 0.2) is 0 Å². The van der Waals surface area contributed by atoms with E-state index >= 15 is 0 Å². The minimum atomic E-state index is 0.431. The molecule has 0 spiro atoms. The van der Waals surface area contributed by atoms with E-state index in [0.717, 1.165) is 0 Å². The zero-order valence-electron chi connectivity index (χ0n) is 6.85. The second-order valence-corrected chi connectivity index (χ2v) is 1.65. The summed E-state index contributed by atoms with van der Waals surface area (Å²) in [6, 6.07) is 0. The molecule has 0 rings (SSSR count). The van der Waals surface area contributed by atoms with E-state index in [1.54, 1.807) is 7.11 Å². The monoisotopic (exact) mass is 147 g/mol. The molecule has 0 saturated heterocycles. The lowest BCUT2D eigenvalue weighted by Gasteiger charge is -2.11. The number of hydrogen-bond acceptors (Lipinski definition) is 3. The Morgan fingerprint density at radius 3 is 2.30 bits per heavy atom. The predicted molar refractivity (Wildman–Crippen MR) is 38.4 cm³/mol. The molecule has 61 valence electrons. The van der Waals surface area contributed by atoms with Crippen LogP contribution in [0.5, 0.6) is 0 Å². The normalized spacial score (nSPS) is 10.8. The van der Waals surface area contributed by atoms with E-state index < -0.39 is 0 Å². The van der Waals surface area contributed by atoms with Crippen molar-refractivity contribution in [2.24, 2.45) is 0 Å². The van der Waals surface area contributed by atoms with Gasteiger partial charge in [-0.05, 0) is 13.8 Å². The van der Waals surface area contributed by atoms with Gasteiger partial charge >= 0.3 is 0 Å². The molecule has 3 nitrogen and oxygen atoms in total. The summed E-state index contributed by atoms with van der Waals surface area (Å²) < 4.78 is 15.0. The number of rotatable bonds is 6. The van der Waals surface area contributed by atoms with Crippen molar-refractivity contribution >= 4 is 0 Å². The zero-order chi connectivity index (χ0) is 7.82. The lowest BCUT2D eigenvalue weighted by Crippen LogP contribution is -2.12. The van der Waals surface area contributed by atoms with Gasteiger partial charge in [-0.1, -0.05) is 0 Å². The molecule has 0 aromatic rings. The lowest BCUT2D eigenvalue weighted by molar-refractivity contribution is -0.0622. The molecule has 0 aliphatic carbocycles. The van der Waals surface area contributed by atoms with Gasteiger partial charge in [0.05, 0.1) is 0 Å². The topological polar surface area (TPSA) is 27.7 Å². The molecule has 0 N–H and O–H groups in total. The van der Waals surface area contributed by atoms with Gasteiger partial charge in [0.25, 0.3) is 0 Å². The molecule has 0 atom stereocenters. The molecule has 0 amide bonds. The number of methoxy groups -OCH3 is 1. The highest BCUT2D eigenvalue weighted by Gasteiger charge is 2.06. The third-order valence-corrected chi connectivity index (χ3v) is 0.957. The Balaban J connectivity index is 3.21. The Morgan fingerprint density at radius 2 is 1.90 bits per heavy atom. The second kappa shape index (κ2) is 6.99. The Morgan fingerprint density at radius 1 is 1.20 bits per heavy atom. The summed E-state index contributed by atoms with van der Waals surface area (Å²) in [5.74, 6) is 0. The largest absolute Gasteiger partial charge is 0.376 e. The van der Waals surface area contributed by atoms with Crippen molar-refractivity contribution in [3.05, 3.63) is 6.29 Å². The number of hydrogen-bond donors (Lipinski definition) is 0. The van der Waals surface area contributed by atoms with E-state index in [2.05, 4.69) is 0 Å². The predicted octanol–water partition coefficient (Wildman–Crippen LogP) is 1.20. The van der Waals surface area contributed by atoms with Crippen molar-refractivity contribution in [2.75, 3.05) is 26.9 Å². The maximum Gasteiger partial charge on any atom is 0.250 e. The van der Waals surface area contributed by atoms with Gasteiger partial charge in [0.1, 0.15) is 6.61 Å². The van der Waals surface area contributed by atoms with Crippen molar-refractivity contribution in [3.63, 3.8) is 0 Å². The maximum atomic E-state index is 5.06. The van der Waals surface area contributed by atoms with E-state index in [1.165, 1.54) is 0 Å². The van der Waals surface area contributed by atoms with Gasteiger partial charge in [0, 0.05) is 20.3 Å². The first kappa shape index (κ1) is 9.88. The second-order valence-electron chi connectivity index (χ2n) is 1.65. The first-order valence-electron chi connectivity index (χ1n) is 3.45. The van der Waals surface area contributed by atoms with Crippen molar-refractivity contribution in [3.8, 4) is 0 Å². The summed E-state index contributed by atoms with van der Waals surface area (Å²) in [6.07, 6.45) is 0.546. The Bertz CT molecular complexity index is 65.9. The summed E-state index contributed by atoms with van der Waals surface area (Å²) in [7, 11) is 1.57. The van der Waals surface area contributed by atoms with Gasteiger partial charge in [-0.15, -0.1) is 0 Å². The highest BCUT2D eigenvalue weighted by Crippen LogP contribution is 2.02. The molecule has 0 aliphatic rings. The van der Waals surface area contributed by atoms with E-state index in [-0.39, 0.29) is 0 Å². The van der Waals surface area contributed by atoms with E-state index in [4.69, 9.17) is 14.2 Å². The molecule has 0 unspecified atom stereocenters. The van der Waals surface area contributed by atoms with Gasteiger partial charge in [-0.25, -0.2) is 0 Å². The molecular formula is C7H15O3.